The van der Waals surface area contributed by atoms with Gasteiger partial charge in [0, 0.05) is 27.8 Å². The largest absolute Gasteiger partial charge is 0.456 e. The standard InChI is InChI=1S/C52H35NO/c1-2-13-46(14-3-1)53(48-30-25-40(26-31-48)45-27-32-50-49-15-6-7-16-51(49)54-52(50)35-45)47-28-23-38(24-29-47)37-17-19-39(20-18-37)42-11-8-12-43(33-42)44-22-21-36-9-4-5-10-41(36)34-44/h1-35H. The fourth-order valence-corrected chi connectivity index (χ4v) is 7.64. The summed E-state index contributed by atoms with van der Waals surface area (Å²) in [5.74, 6) is 0. The highest BCUT2D eigenvalue weighted by atomic mass is 16.3. The first-order chi connectivity index (χ1) is 26.7. The molecule has 10 aromatic rings. The Morgan fingerprint density at radius 2 is 0.722 bits per heavy atom. The minimum absolute atomic E-state index is 0.907. The number of para-hydroxylation sites is 2. The summed E-state index contributed by atoms with van der Waals surface area (Å²) in [6, 6.07) is 75.9. The van der Waals surface area contributed by atoms with Crippen LogP contribution in [-0.4, -0.2) is 0 Å². The van der Waals surface area contributed by atoms with Crippen LogP contribution in [0.25, 0.3) is 77.2 Å². The molecule has 0 radical (unpaired) electrons. The number of nitrogens with zero attached hydrogens (tertiary/aromatic N) is 1. The molecule has 10 rings (SSSR count). The van der Waals surface area contributed by atoms with E-state index in [1.165, 1.54) is 44.2 Å². The molecule has 0 aliphatic heterocycles. The SMILES string of the molecule is c1ccc(N(c2ccc(-c3ccc(-c4cccc(-c5ccc6ccccc6c5)c4)cc3)cc2)c2ccc(-c3ccc4c(c3)oc3ccccc34)cc2)cc1. The second-order valence-electron chi connectivity index (χ2n) is 13.8. The second kappa shape index (κ2) is 13.4. The van der Waals surface area contributed by atoms with Crippen LogP contribution in [0.1, 0.15) is 0 Å². The molecule has 1 aromatic heterocycles. The van der Waals surface area contributed by atoms with E-state index in [0.717, 1.165) is 50.1 Å². The summed E-state index contributed by atoms with van der Waals surface area (Å²) >= 11 is 0. The van der Waals surface area contributed by atoms with Crippen molar-refractivity contribution in [2.45, 2.75) is 0 Å². The highest BCUT2D eigenvalue weighted by Crippen LogP contribution is 2.38. The lowest BCUT2D eigenvalue weighted by Gasteiger charge is -2.26. The van der Waals surface area contributed by atoms with Crippen LogP contribution in [0.5, 0.6) is 0 Å². The predicted molar refractivity (Wildman–Crippen MR) is 228 cm³/mol. The third-order valence-electron chi connectivity index (χ3n) is 10.5. The minimum atomic E-state index is 0.907. The Labute approximate surface area is 314 Å². The number of fused-ring (bicyclic) bond motifs is 4. The second-order valence-corrected chi connectivity index (χ2v) is 13.8. The van der Waals surface area contributed by atoms with E-state index in [1.54, 1.807) is 0 Å². The number of hydrogen-bond acceptors (Lipinski definition) is 2. The monoisotopic (exact) mass is 689 g/mol. The molecule has 0 aliphatic rings. The highest BCUT2D eigenvalue weighted by Gasteiger charge is 2.14. The van der Waals surface area contributed by atoms with Crippen LogP contribution in [0, 0.1) is 0 Å². The first kappa shape index (κ1) is 31.6. The molecule has 0 spiro atoms. The average Bonchev–Trinajstić information content (AvgIpc) is 3.63. The topological polar surface area (TPSA) is 16.4 Å². The van der Waals surface area contributed by atoms with Gasteiger partial charge in [-0.15, -0.1) is 0 Å². The van der Waals surface area contributed by atoms with Gasteiger partial charge < -0.3 is 9.32 Å². The smallest absolute Gasteiger partial charge is 0.136 e. The van der Waals surface area contributed by atoms with E-state index in [9.17, 15) is 0 Å². The van der Waals surface area contributed by atoms with E-state index in [0.29, 0.717) is 0 Å². The number of rotatable bonds is 7. The lowest BCUT2D eigenvalue weighted by molar-refractivity contribution is 0.669. The van der Waals surface area contributed by atoms with Gasteiger partial charge in [0.05, 0.1) is 0 Å². The van der Waals surface area contributed by atoms with Crippen molar-refractivity contribution in [1.29, 1.82) is 0 Å². The molecule has 254 valence electrons. The normalized spacial score (nSPS) is 11.3. The van der Waals surface area contributed by atoms with Crippen LogP contribution in [-0.2, 0) is 0 Å². The zero-order valence-corrected chi connectivity index (χ0v) is 29.6. The van der Waals surface area contributed by atoms with Gasteiger partial charge in [-0.1, -0.05) is 146 Å². The maximum atomic E-state index is 6.18. The molecule has 0 aliphatic carbocycles. The molecule has 0 N–H and O–H groups in total. The average molecular weight is 690 g/mol. The minimum Gasteiger partial charge on any atom is -0.456 e. The first-order valence-corrected chi connectivity index (χ1v) is 18.4. The van der Waals surface area contributed by atoms with E-state index >= 15 is 0 Å². The van der Waals surface area contributed by atoms with Crippen LogP contribution in [0.4, 0.5) is 17.1 Å². The van der Waals surface area contributed by atoms with Gasteiger partial charge in [-0.3, -0.25) is 0 Å². The summed E-state index contributed by atoms with van der Waals surface area (Å²) in [6.07, 6.45) is 0. The highest BCUT2D eigenvalue weighted by molar-refractivity contribution is 6.06. The molecular formula is C52H35NO. The van der Waals surface area contributed by atoms with Crippen LogP contribution >= 0.6 is 0 Å². The third-order valence-corrected chi connectivity index (χ3v) is 10.5. The van der Waals surface area contributed by atoms with Crippen molar-refractivity contribution in [3.63, 3.8) is 0 Å². The molecular weight excluding hydrogens is 655 g/mol. The van der Waals surface area contributed by atoms with E-state index in [-0.39, 0.29) is 0 Å². The molecule has 54 heavy (non-hydrogen) atoms. The van der Waals surface area contributed by atoms with Crippen molar-refractivity contribution < 1.29 is 4.42 Å². The van der Waals surface area contributed by atoms with Gasteiger partial charge in [0.1, 0.15) is 11.2 Å². The molecule has 0 saturated carbocycles. The summed E-state index contributed by atoms with van der Waals surface area (Å²) < 4.78 is 6.18. The number of hydrogen-bond donors (Lipinski definition) is 0. The molecule has 0 saturated heterocycles. The van der Waals surface area contributed by atoms with Gasteiger partial charge in [0.2, 0.25) is 0 Å². The molecule has 2 nitrogen and oxygen atoms in total. The van der Waals surface area contributed by atoms with E-state index < -0.39 is 0 Å². The summed E-state index contributed by atoms with van der Waals surface area (Å²) in [4.78, 5) is 2.31. The first-order valence-electron chi connectivity index (χ1n) is 18.4. The fraction of sp³-hybridized carbons (Fsp3) is 0. The van der Waals surface area contributed by atoms with Crippen molar-refractivity contribution in [1.82, 2.24) is 0 Å². The molecule has 0 atom stereocenters. The molecule has 9 aromatic carbocycles. The van der Waals surface area contributed by atoms with E-state index in [1.807, 2.05) is 12.1 Å². The molecule has 0 amide bonds. The van der Waals surface area contributed by atoms with Crippen molar-refractivity contribution in [2.75, 3.05) is 4.90 Å². The Morgan fingerprint density at radius 3 is 1.43 bits per heavy atom. The Morgan fingerprint density at radius 1 is 0.259 bits per heavy atom. The van der Waals surface area contributed by atoms with Crippen molar-refractivity contribution in [3.05, 3.63) is 212 Å². The van der Waals surface area contributed by atoms with E-state index in [2.05, 4.69) is 205 Å². The quantitative estimate of drug-likeness (QED) is 0.166. The summed E-state index contributed by atoms with van der Waals surface area (Å²) in [6.45, 7) is 0. The maximum Gasteiger partial charge on any atom is 0.136 e. The lowest BCUT2D eigenvalue weighted by atomic mass is 9.96. The van der Waals surface area contributed by atoms with Gasteiger partial charge in [0.25, 0.3) is 0 Å². The Bertz CT molecular complexity index is 2900. The summed E-state index contributed by atoms with van der Waals surface area (Å²) in [5.41, 5.74) is 14.6. The molecule has 0 fully saturated rings. The molecule has 0 bridgehead atoms. The number of benzene rings is 9. The van der Waals surface area contributed by atoms with Crippen LogP contribution in [0.15, 0.2) is 217 Å². The number of anilines is 3. The van der Waals surface area contributed by atoms with Crippen molar-refractivity contribution in [2.24, 2.45) is 0 Å². The summed E-state index contributed by atoms with van der Waals surface area (Å²) in [7, 11) is 0. The zero-order valence-electron chi connectivity index (χ0n) is 29.6. The van der Waals surface area contributed by atoms with Crippen LogP contribution in [0.3, 0.4) is 0 Å². The Hall–Kier alpha value is -7.16. The van der Waals surface area contributed by atoms with E-state index in [4.69, 9.17) is 4.42 Å². The predicted octanol–water partition coefficient (Wildman–Crippen LogP) is 14.9. The lowest BCUT2D eigenvalue weighted by Crippen LogP contribution is -2.09. The van der Waals surface area contributed by atoms with Gasteiger partial charge in [-0.25, -0.2) is 0 Å². The Kier molecular flexibility index (Phi) is 7.85. The van der Waals surface area contributed by atoms with Gasteiger partial charge in [0.15, 0.2) is 0 Å². The van der Waals surface area contributed by atoms with Gasteiger partial charge in [-0.2, -0.15) is 0 Å². The zero-order chi connectivity index (χ0) is 35.8. The van der Waals surface area contributed by atoms with Crippen molar-refractivity contribution in [3.8, 4) is 44.5 Å². The van der Waals surface area contributed by atoms with Gasteiger partial charge in [-0.05, 0) is 122 Å². The molecule has 0 unspecified atom stereocenters. The van der Waals surface area contributed by atoms with Crippen LogP contribution < -0.4 is 4.90 Å². The Balaban J connectivity index is 0.911. The molecule has 1 heterocycles. The summed E-state index contributed by atoms with van der Waals surface area (Å²) in [5, 5.41) is 4.81. The number of furan rings is 1. The fourth-order valence-electron chi connectivity index (χ4n) is 7.64. The molecule has 2 heteroatoms. The van der Waals surface area contributed by atoms with Crippen molar-refractivity contribution >= 4 is 49.8 Å². The maximum absolute atomic E-state index is 6.18. The third kappa shape index (κ3) is 5.90. The van der Waals surface area contributed by atoms with Crippen LogP contribution in [0.2, 0.25) is 0 Å². The van der Waals surface area contributed by atoms with Gasteiger partial charge >= 0.3 is 0 Å².